The SMILES string of the molecule is Fc1ccc(-c2noc3ncnc(NC4CCCCC4)c23)cc1. The minimum atomic E-state index is -0.279. The molecule has 0 saturated heterocycles. The van der Waals surface area contributed by atoms with Crippen LogP contribution < -0.4 is 5.32 Å². The molecule has 2 aromatic heterocycles. The van der Waals surface area contributed by atoms with Crippen LogP contribution in [-0.4, -0.2) is 21.2 Å². The van der Waals surface area contributed by atoms with E-state index in [0.717, 1.165) is 29.6 Å². The molecule has 0 spiro atoms. The van der Waals surface area contributed by atoms with Crippen molar-refractivity contribution < 1.29 is 8.91 Å². The molecule has 2 heterocycles. The number of anilines is 1. The molecule has 1 fully saturated rings. The summed E-state index contributed by atoms with van der Waals surface area (Å²) in [5, 5.41) is 8.37. The second-order valence-corrected chi connectivity index (χ2v) is 5.92. The summed E-state index contributed by atoms with van der Waals surface area (Å²) in [6.07, 6.45) is 7.53. The first kappa shape index (κ1) is 14.1. The zero-order chi connectivity index (χ0) is 15.6. The molecule has 3 aromatic rings. The molecule has 0 radical (unpaired) electrons. The molecule has 4 rings (SSSR count). The van der Waals surface area contributed by atoms with Crippen molar-refractivity contribution >= 4 is 16.9 Å². The van der Waals surface area contributed by atoms with Gasteiger partial charge in [0.1, 0.15) is 29.0 Å². The maximum Gasteiger partial charge on any atom is 0.263 e. The highest BCUT2D eigenvalue weighted by atomic mass is 19.1. The number of aromatic nitrogens is 3. The Hall–Kier alpha value is -2.50. The molecule has 0 amide bonds. The fourth-order valence-electron chi connectivity index (χ4n) is 3.14. The van der Waals surface area contributed by atoms with Crippen molar-refractivity contribution in [1.82, 2.24) is 15.1 Å². The highest BCUT2D eigenvalue weighted by Crippen LogP contribution is 2.32. The quantitative estimate of drug-likeness (QED) is 0.786. The van der Waals surface area contributed by atoms with Crippen molar-refractivity contribution in [3.8, 4) is 11.3 Å². The average molecular weight is 312 g/mol. The van der Waals surface area contributed by atoms with Gasteiger partial charge in [-0.05, 0) is 37.1 Å². The smallest absolute Gasteiger partial charge is 0.263 e. The molecule has 0 aliphatic heterocycles. The van der Waals surface area contributed by atoms with E-state index in [1.807, 2.05) is 0 Å². The molecule has 6 heteroatoms. The van der Waals surface area contributed by atoms with Crippen LogP contribution in [0, 0.1) is 5.82 Å². The lowest BCUT2D eigenvalue weighted by molar-refractivity contribution is 0.451. The summed E-state index contributed by atoms with van der Waals surface area (Å²) >= 11 is 0. The molecule has 0 unspecified atom stereocenters. The number of nitrogens with zero attached hydrogens (tertiary/aromatic N) is 3. The van der Waals surface area contributed by atoms with Gasteiger partial charge in [0.15, 0.2) is 0 Å². The zero-order valence-electron chi connectivity index (χ0n) is 12.6. The molecule has 23 heavy (non-hydrogen) atoms. The number of fused-ring (bicyclic) bond motifs is 1. The monoisotopic (exact) mass is 312 g/mol. The largest absolute Gasteiger partial charge is 0.367 e. The molecule has 5 nitrogen and oxygen atoms in total. The van der Waals surface area contributed by atoms with Crippen LogP contribution in [0.15, 0.2) is 35.1 Å². The standard InChI is InChI=1S/C17H17FN4O/c18-12-8-6-11(7-9-12)15-14-16(19-10-20-17(14)23-22-15)21-13-4-2-1-3-5-13/h6-10,13H,1-5H2,(H,19,20,21). The van der Waals surface area contributed by atoms with E-state index in [4.69, 9.17) is 4.52 Å². The fraction of sp³-hybridized carbons (Fsp3) is 0.353. The van der Waals surface area contributed by atoms with E-state index in [2.05, 4.69) is 20.4 Å². The first-order chi connectivity index (χ1) is 11.3. The summed E-state index contributed by atoms with van der Waals surface area (Å²) in [6, 6.07) is 6.60. The van der Waals surface area contributed by atoms with Gasteiger partial charge in [-0.15, -0.1) is 0 Å². The van der Waals surface area contributed by atoms with Gasteiger partial charge in [0, 0.05) is 11.6 Å². The predicted molar refractivity (Wildman–Crippen MR) is 85.5 cm³/mol. The van der Waals surface area contributed by atoms with Gasteiger partial charge in [0.2, 0.25) is 0 Å². The van der Waals surface area contributed by atoms with Gasteiger partial charge < -0.3 is 9.84 Å². The summed E-state index contributed by atoms with van der Waals surface area (Å²) in [5.41, 5.74) is 1.86. The number of hydrogen-bond acceptors (Lipinski definition) is 5. The maximum atomic E-state index is 13.1. The number of benzene rings is 1. The Balaban J connectivity index is 1.75. The Kier molecular flexibility index (Phi) is 3.65. The van der Waals surface area contributed by atoms with Crippen molar-refractivity contribution in [3.05, 3.63) is 36.4 Å². The molecular weight excluding hydrogens is 295 g/mol. The van der Waals surface area contributed by atoms with Crippen LogP contribution in [0.4, 0.5) is 10.2 Å². The van der Waals surface area contributed by atoms with Crippen LogP contribution in [0.25, 0.3) is 22.4 Å². The topological polar surface area (TPSA) is 63.8 Å². The average Bonchev–Trinajstić information content (AvgIpc) is 3.02. The summed E-state index contributed by atoms with van der Waals surface area (Å²) in [5.74, 6) is 0.459. The minimum Gasteiger partial charge on any atom is -0.367 e. The van der Waals surface area contributed by atoms with Crippen molar-refractivity contribution in [1.29, 1.82) is 0 Å². The van der Waals surface area contributed by atoms with Crippen LogP contribution in [0.5, 0.6) is 0 Å². The maximum absolute atomic E-state index is 13.1. The molecule has 0 bridgehead atoms. The van der Waals surface area contributed by atoms with Crippen LogP contribution in [0.1, 0.15) is 32.1 Å². The number of halogens is 1. The van der Waals surface area contributed by atoms with Gasteiger partial charge in [-0.25, -0.2) is 9.37 Å². The third-order valence-corrected chi connectivity index (χ3v) is 4.34. The highest BCUT2D eigenvalue weighted by molar-refractivity contribution is 5.97. The Morgan fingerprint density at radius 3 is 2.61 bits per heavy atom. The van der Waals surface area contributed by atoms with Crippen LogP contribution in [0.3, 0.4) is 0 Å². The third kappa shape index (κ3) is 2.76. The van der Waals surface area contributed by atoms with Gasteiger partial charge in [0.05, 0.1) is 0 Å². The first-order valence-electron chi connectivity index (χ1n) is 7.94. The van der Waals surface area contributed by atoms with Crippen molar-refractivity contribution in [2.45, 2.75) is 38.1 Å². The van der Waals surface area contributed by atoms with E-state index in [-0.39, 0.29) is 5.82 Å². The minimum absolute atomic E-state index is 0.279. The molecule has 1 N–H and O–H groups in total. The van der Waals surface area contributed by atoms with E-state index in [0.29, 0.717) is 17.4 Å². The van der Waals surface area contributed by atoms with E-state index in [1.165, 1.54) is 37.7 Å². The summed E-state index contributed by atoms with van der Waals surface area (Å²) in [6.45, 7) is 0. The van der Waals surface area contributed by atoms with E-state index < -0.39 is 0 Å². The lowest BCUT2D eigenvalue weighted by atomic mass is 9.95. The van der Waals surface area contributed by atoms with Gasteiger partial charge >= 0.3 is 0 Å². The summed E-state index contributed by atoms with van der Waals surface area (Å²) in [4.78, 5) is 8.52. The lowest BCUT2D eigenvalue weighted by Gasteiger charge is -2.23. The first-order valence-corrected chi connectivity index (χ1v) is 7.94. The molecule has 0 atom stereocenters. The van der Waals surface area contributed by atoms with Gasteiger partial charge in [-0.2, -0.15) is 4.98 Å². The summed E-state index contributed by atoms with van der Waals surface area (Å²) in [7, 11) is 0. The normalized spacial score (nSPS) is 15.9. The molecule has 118 valence electrons. The van der Waals surface area contributed by atoms with Crippen molar-refractivity contribution in [3.63, 3.8) is 0 Å². The Morgan fingerprint density at radius 1 is 1.04 bits per heavy atom. The number of nitrogens with one attached hydrogen (secondary N) is 1. The second-order valence-electron chi connectivity index (χ2n) is 5.92. The zero-order valence-corrected chi connectivity index (χ0v) is 12.6. The van der Waals surface area contributed by atoms with Crippen molar-refractivity contribution in [2.75, 3.05) is 5.32 Å². The van der Waals surface area contributed by atoms with Gasteiger partial charge in [-0.1, -0.05) is 24.4 Å². The third-order valence-electron chi connectivity index (χ3n) is 4.34. The molecular formula is C17H17FN4O. The van der Waals surface area contributed by atoms with Crippen LogP contribution in [-0.2, 0) is 0 Å². The lowest BCUT2D eigenvalue weighted by Crippen LogP contribution is -2.23. The Bertz CT molecular complexity index is 809. The molecule has 1 saturated carbocycles. The highest BCUT2D eigenvalue weighted by Gasteiger charge is 2.20. The molecule has 1 aromatic carbocycles. The van der Waals surface area contributed by atoms with E-state index in [9.17, 15) is 4.39 Å². The Morgan fingerprint density at radius 2 is 1.83 bits per heavy atom. The predicted octanol–water partition coefficient (Wildman–Crippen LogP) is 4.17. The molecule has 1 aliphatic carbocycles. The van der Waals surface area contributed by atoms with Gasteiger partial charge in [-0.3, -0.25) is 0 Å². The van der Waals surface area contributed by atoms with Gasteiger partial charge in [0.25, 0.3) is 5.71 Å². The van der Waals surface area contributed by atoms with E-state index in [1.54, 1.807) is 12.1 Å². The Labute approximate surface area is 132 Å². The number of rotatable bonds is 3. The van der Waals surface area contributed by atoms with Crippen LogP contribution >= 0.6 is 0 Å². The number of hydrogen-bond donors (Lipinski definition) is 1. The van der Waals surface area contributed by atoms with Crippen LogP contribution in [0.2, 0.25) is 0 Å². The summed E-state index contributed by atoms with van der Waals surface area (Å²) < 4.78 is 18.5. The molecule has 1 aliphatic rings. The fourth-order valence-corrected chi connectivity index (χ4v) is 3.14. The second kappa shape index (κ2) is 5.95. The van der Waals surface area contributed by atoms with Crippen molar-refractivity contribution in [2.24, 2.45) is 0 Å². The van der Waals surface area contributed by atoms with E-state index >= 15 is 0 Å².